The largest absolute Gasteiger partial charge is 0.296 e. The van der Waals surface area contributed by atoms with Crippen LogP contribution in [0.15, 0.2) is 42.7 Å². The summed E-state index contributed by atoms with van der Waals surface area (Å²) in [7, 11) is 0. The van der Waals surface area contributed by atoms with Gasteiger partial charge in [0.2, 0.25) is 0 Å². The predicted octanol–water partition coefficient (Wildman–Crippen LogP) is 2.52. The number of imidazole rings is 1. The van der Waals surface area contributed by atoms with Crippen LogP contribution in [-0.2, 0) is 0 Å². The molecule has 3 aromatic rings. The Balaban J connectivity index is 2.40. The molecular formula is C14H11N3O. The summed E-state index contributed by atoms with van der Waals surface area (Å²) in [6.07, 6.45) is 4.23. The van der Waals surface area contributed by atoms with Crippen molar-refractivity contribution in [1.82, 2.24) is 14.4 Å². The highest BCUT2D eigenvalue weighted by molar-refractivity contribution is 5.86. The summed E-state index contributed by atoms with van der Waals surface area (Å²) in [5.74, 6) is 0.771. The number of aromatic nitrogens is 3. The van der Waals surface area contributed by atoms with Crippen molar-refractivity contribution < 1.29 is 4.79 Å². The molecule has 4 heteroatoms. The fraction of sp³-hybridized carbons (Fsp3) is 0.0714. The van der Waals surface area contributed by atoms with Crippen molar-refractivity contribution in [2.45, 2.75) is 6.92 Å². The third-order valence-corrected chi connectivity index (χ3v) is 2.94. The van der Waals surface area contributed by atoms with E-state index in [1.165, 1.54) is 0 Å². The van der Waals surface area contributed by atoms with Crippen LogP contribution in [0.4, 0.5) is 0 Å². The zero-order valence-electron chi connectivity index (χ0n) is 9.87. The first-order valence-corrected chi connectivity index (χ1v) is 5.65. The molecule has 0 aromatic carbocycles. The van der Waals surface area contributed by atoms with Gasteiger partial charge in [-0.2, -0.15) is 0 Å². The van der Waals surface area contributed by atoms with Crippen LogP contribution in [0.3, 0.4) is 0 Å². The highest BCUT2D eigenvalue weighted by Crippen LogP contribution is 2.23. The second-order valence-electron chi connectivity index (χ2n) is 4.06. The highest BCUT2D eigenvalue weighted by atomic mass is 16.1. The maximum atomic E-state index is 11.1. The molecule has 0 radical (unpaired) electrons. The molecule has 0 unspecified atom stereocenters. The van der Waals surface area contributed by atoms with Crippen LogP contribution in [0.2, 0.25) is 0 Å². The number of hydrogen-bond donors (Lipinski definition) is 0. The van der Waals surface area contributed by atoms with Crippen molar-refractivity contribution in [1.29, 1.82) is 0 Å². The SMILES string of the molecule is Cc1cccc2c(C=O)nc(-c3ccncc3)n12. The van der Waals surface area contributed by atoms with Gasteiger partial charge in [-0.1, -0.05) is 6.07 Å². The molecule has 0 atom stereocenters. The van der Waals surface area contributed by atoms with Gasteiger partial charge in [-0.15, -0.1) is 0 Å². The lowest BCUT2D eigenvalue weighted by Gasteiger charge is -2.04. The Morgan fingerprint density at radius 3 is 2.67 bits per heavy atom. The molecule has 0 aliphatic heterocycles. The zero-order valence-corrected chi connectivity index (χ0v) is 9.87. The van der Waals surface area contributed by atoms with E-state index in [1.807, 2.05) is 41.7 Å². The molecule has 0 saturated heterocycles. The number of aryl methyl sites for hydroxylation is 1. The van der Waals surface area contributed by atoms with Gasteiger partial charge in [0.15, 0.2) is 6.29 Å². The lowest BCUT2D eigenvalue weighted by molar-refractivity contribution is 0.112. The Labute approximate surface area is 104 Å². The van der Waals surface area contributed by atoms with Crippen LogP contribution < -0.4 is 0 Å². The summed E-state index contributed by atoms with van der Waals surface area (Å²) in [6, 6.07) is 9.59. The van der Waals surface area contributed by atoms with Crippen molar-refractivity contribution in [2.75, 3.05) is 0 Å². The van der Waals surface area contributed by atoms with Crippen LogP contribution in [0.1, 0.15) is 16.2 Å². The van der Waals surface area contributed by atoms with Crippen LogP contribution in [0.25, 0.3) is 16.9 Å². The lowest BCUT2D eigenvalue weighted by Crippen LogP contribution is -1.93. The van der Waals surface area contributed by atoms with Crippen LogP contribution in [-0.4, -0.2) is 20.7 Å². The number of pyridine rings is 2. The Hall–Kier alpha value is -2.49. The first kappa shape index (κ1) is 10.7. The number of hydrogen-bond acceptors (Lipinski definition) is 3. The summed E-state index contributed by atoms with van der Waals surface area (Å²) in [5, 5.41) is 0. The van der Waals surface area contributed by atoms with Gasteiger partial charge in [0.05, 0.1) is 5.52 Å². The second-order valence-corrected chi connectivity index (χ2v) is 4.06. The summed E-state index contributed by atoms with van der Waals surface area (Å²) in [5.41, 5.74) is 3.28. The average Bonchev–Trinajstić information content (AvgIpc) is 2.80. The van der Waals surface area contributed by atoms with Gasteiger partial charge in [0, 0.05) is 23.7 Å². The number of carbonyl (C=O) groups excluding carboxylic acids is 1. The van der Waals surface area contributed by atoms with Crippen molar-refractivity contribution in [3.63, 3.8) is 0 Å². The normalized spacial score (nSPS) is 10.7. The monoisotopic (exact) mass is 237 g/mol. The number of fused-ring (bicyclic) bond motifs is 1. The Morgan fingerprint density at radius 1 is 1.17 bits per heavy atom. The van der Waals surface area contributed by atoms with Crippen molar-refractivity contribution >= 4 is 11.8 Å². The summed E-state index contributed by atoms with van der Waals surface area (Å²) >= 11 is 0. The first-order valence-electron chi connectivity index (χ1n) is 5.65. The Kier molecular flexibility index (Phi) is 2.41. The minimum absolute atomic E-state index is 0.463. The molecule has 4 nitrogen and oxygen atoms in total. The van der Waals surface area contributed by atoms with Crippen molar-refractivity contribution in [3.8, 4) is 11.4 Å². The van der Waals surface area contributed by atoms with Crippen molar-refractivity contribution in [2.24, 2.45) is 0 Å². The summed E-state index contributed by atoms with van der Waals surface area (Å²) < 4.78 is 1.99. The summed E-state index contributed by atoms with van der Waals surface area (Å²) in [6.45, 7) is 1.99. The smallest absolute Gasteiger partial charge is 0.170 e. The molecule has 0 saturated carbocycles. The zero-order chi connectivity index (χ0) is 12.5. The van der Waals surface area contributed by atoms with E-state index >= 15 is 0 Å². The number of carbonyl (C=O) groups is 1. The van der Waals surface area contributed by atoms with E-state index < -0.39 is 0 Å². The van der Waals surface area contributed by atoms with Gasteiger partial charge in [0.25, 0.3) is 0 Å². The topological polar surface area (TPSA) is 47.3 Å². The predicted molar refractivity (Wildman–Crippen MR) is 68.5 cm³/mol. The molecular weight excluding hydrogens is 226 g/mol. The first-order chi connectivity index (χ1) is 8.81. The Morgan fingerprint density at radius 2 is 1.94 bits per heavy atom. The minimum Gasteiger partial charge on any atom is -0.296 e. The molecule has 0 amide bonds. The summed E-state index contributed by atoms with van der Waals surface area (Å²) in [4.78, 5) is 19.5. The van der Waals surface area contributed by atoms with Gasteiger partial charge in [-0.25, -0.2) is 4.98 Å². The van der Waals surface area contributed by atoms with E-state index in [0.717, 1.165) is 28.9 Å². The van der Waals surface area contributed by atoms with E-state index in [2.05, 4.69) is 9.97 Å². The van der Waals surface area contributed by atoms with E-state index in [9.17, 15) is 4.79 Å². The number of rotatable bonds is 2. The minimum atomic E-state index is 0.463. The quantitative estimate of drug-likeness (QED) is 0.643. The second kappa shape index (κ2) is 4.07. The maximum absolute atomic E-state index is 11.1. The molecule has 0 N–H and O–H groups in total. The molecule has 3 aromatic heterocycles. The van der Waals surface area contributed by atoms with E-state index in [4.69, 9.17) is 0 Å². The molecule has 0 fully saturated rings. The fourth-order valence-electron chi connectivity index (χ4n) is 2.10. The molecule has 88 valence electrons. The maximum Gasteiger partial charge on any atom is 0.170 e. The number of aldehydes is 1. The third kappa shape index (κ3) is 1.50. The van der Waals surface area contributed by atoms with E-state index in [1.54, 1.807) is 12.4 Å². The molecule has 0 spiro atoms. The van der Waals surface area contributed by atoms with Gasteiger partial charge in [-0.05, 0) is 31.2 Å². The van der Waals surface area contributed by atoms with Crippen LogP contribution in [0.5, 0.6) is 0 Å². The van der Waals surface area contributed by atoms with Gasteiger partial charge in [-0.3, -0.25) is 14.2 Å². The number of nitrogens with zero attached hydrogens (tertiary/aromatic N) is 3. The van der Waals surface area contributed by atoms with E-state index in [-0.39, 0.29) is 0 Å². The molecule has 3 heterocycles. The molecule has 3 rings (SSSR count). The highest BCUT2D eigenvalue weighted by Gasteiger charge is 2.12. The van der Waals surface area contributed by atoms with Gasteiger partial charge >= 0.3 is 0 Å². The molecule has 0 aliphatic carbocycles. The average molecular weight is 237 g/mol. The van der Waals surface area contributed by atoms with Crippen LogP contribution >= 0.6 is 0 Å². The molecule has 0 bridgehead atoms. The Bertz CT molecular complexity index is 716. The molecule has 18 heavy (non-hydrogen) atoms. The van der Waals surface area contributed by atoms with Gasteiger partial charge < -0.3 is 0 Å². The molecule has 0 aliphatic rings. The van der Waals surface area contributed by atoms with Crippen LogP contribution in [0, 0.1) is 6.92 Å². The van der Waals surface area contributed by atoms with Crippen molar-refractivity contribution in [3.05, 3.63) is 54.1 Å². The standard InChI is InChI=1S/C14H11N3O/c1-10-3-2-4-13-12(9-18)16-14(17(10)13)11-5-7-15-8-6-11/h2-9H,1H3. The van der Waals surface area contributed by atoms with Gasteiger partial charge in [0.1, 0.15) is 11.5 Å². The lowest BCUT2D eigenvalue weighted by atomic mass is 10.2. The van der Waals surface area contributed by atoms with E-state index in [0.29, 0.717) is 5.69 Å². The third-order valence-electron chi connectivity index (χ3n) is 2.94. The fourth-order valence-corrected chi connectivity index (χ4v) is 2.10.